The molecule has 176 valence electrons. The Hall–Kier alpha value is -3.89. The topological polar surface area (TPSA) is 86.1 Å². The molecule has 0 saturated heterocycles. The quantitative estimate of drug-likeness (QED) is 0.279. The molecule has 0 aliphatic heterocycles. The van der Waals surface area contributed by atoms with Crippen molar-refractivity contribution in [1.82, 2.24) is 10.2 Å². The standard InChI is InChI=1S/C26H24N4O4S/c1-3-9-21-19-29(27-25-13-7-5-11-23(21)25)15-17-33-35(31,32)34-18-16-30-20-22(10-4-2)24-12-6-8-14-26(24)28-30/h5-8,11-14,19-20H,15-18H2,1-2H3/q+2. The molecule has 9 heteroatoms. The van der Waals surface area contributed by atoms with E-state index < -0.39 is 10.4 Å². The molecule has 0 bridgehead atoms. The summed E-state index contributed by atoms with van der Waals surface area (Å²) in [5, 5.41) is 10.9. The molecule has 35 heavy (non-hydrogen) atoms. The van der Waals surface area contributed by atoms with E-state index >= 15 is 0 Å². The van der Waals surface area contributed by atoms with Gasteiger partial charge in [0.1, 0.15) is 35.4 Å². The minimum atomic E-state index is -4.19. The van der Waals surface area contributed by atoms with Crippen molar-refractivity contribution < 1.29 is 26.1 Å². The molecule has 2 aromatic carbocycles. The molecule has 2 aromatic heterocycles. The van der Waals surface area contributed by atoms with E-state index in [0.717, 1.165) is 32.9 Å². The number of hydrogen-bond donors (Lipinski definition) is 0. The van der Waals surface area contributed by atoms with Crippen molar-refractivity contribution in [3.63, 3.8) is 0 Å². The van der Waals surface area contributed by atoms with Gasteiger partial charge in [0, 0.05) is 21.0 Å². The normalized spacial score (nSPS) is 11.0. The minimum Gasteiger partial charge on any atom is -0.241 e. The van der Waals surface area contributed by atoms with Crippen molar-refractivity contribution in [2.75, 3.05) is 13.2 Å². The summed E-state index contributed by atoms with van der Waals surface area (Å²) in [6.07, 6.45) is 3.54. The molecule has 0 amide bonds. The highest BCUT2D eigenvalue weighted by atomic mass is 32.3. The molecule has 4 aromatic rings. The van der Waals surface area contributed by atoms with E-state index in [0.29, 0.717) is 0 Å². The van der Waals surface area contributed by atoms with Gasteiger partial charge in [0.15, 0.2) is 13.1 Å². The maximum atomic E-state index is 12.2. The number of fused-ring (bicyclic) bond motifs is 2. The number of nitrogens with zero attached hydrogens (tertiary/aromatic N) is 4. The van der Waals surface area contributed by atoms with E-state index in [9.17, 15) is 8.42 Å². The highest BCUT2D eigenvalue weighted by molar-refractivity contribution is 7.81. The van der Waals surface area contributed by atoms with Gasteiger partial charge in [-0.05, 0) is 26.0 Å². The summed E-state index contributed by atoms with van der Waals surface area (Å²) in [6, 6.07) is 15.3. The van der Waals surface area contributed by atoms with Crippen LogP contribution in [0.3, 0.4) is 0 Å². The van der Waals surface area contributed by atoms with Gasteiger partial charge >= 0.3 is 10.4 Å². The van der Waals surface area contributed by atoms with Gasteiger partial charge in [0.05, 0.1) is 0 Å². The summed E-state index contributed by atoms with van der Waals surface area (Å²) in [7, 11) is -4.19. The lowest BCUT2D eigenvalue weighted by Gasteiger charge is -2.04. The largest absolute Gasteiger partial charge is 0.400 e. The number of benzene rings is 2. The van der Waals surface area contributed by atoms with Crippen molar-refractivity contribution in [2.24, 2.45) is 0 Å². The second kappa shape index (κ2) is 11.0. The Bertz CT molecular complexity index is 1500. The lowest BCUT2D eigenvalue weighted by molar-refractivity contribution is -0.752. The van der Waals surface area contributed by atoms with Crippen LogP contribution in [0, 0.1) is 23.7 Å². The van der Waals surface area contributed by atoms with Crippen LogP contribution in [-0.4, -0.2) is 31.8 Å². The van der Waals surface area contributed by atoms with Gasteiger partial charge in [-0.15, -0.1) is 11.8 Å². The smallest absolute Gasteiger partial charge is 0.241 e. The van der Waals surface area contributed by atoms with Gasteiger partial charge in [-0.2, -0.15) is 8.42 Å². The maximum Gasteiger partial charge on any atom is 0.400 e. The summed E-state index contributed by atoms with van der Waals surface area (Å²) in [4.78, 5) is 0. The maximum absolute atomic E-state index is 12.2. The van der Waals surface area contributed by atoms with Crippen molar-refractivity contribution in [3.8, 4) is 23.7 Å². The molecular weight excluding hydrogens is 464 g/mol. The first kappa shape index (κ1) is 24.2. The second-order valence-electron chi connectivity index (χ2n) is 7.45. The first-order valence-electron chi connectivity index (χ1n) is 11.0. The van der Waals surface area contributed by atoms with Crippen molar-refractivity contribution in [2.45, 2.75) is 26.9 Å². The van der Waals surface area contributed by atoms with Crippen molar-refractivity contribution in [3.05, 3.63) is 72.1 Å². The summed E-state index contributed by atoms with van der Waals surface area (Å²) in [6.45, 7) is 3.69. The minimum absolute atomic E-state index is 0.130. The van der Waals surface area contributed by atoms with Crippen molar-refractivity contribution >= 4 is 32.2 Å². The van der Waals surface area contributed by atoms with Gasteiger partial charge in [-0.3, -0.25) is 0 Å². The molecule has 0 fully saturated rings. The molecular formula is C26H24N4O4S+2. The fourth-order valence-electron chi connectivity index (χ4n) is 3.55. The average Bonchev–Trinajstić information content (AvgIpc) is 2.84. The Morgan fingerprint density at radius 2 is 1.17 bits per heavy atom. The second-order valence-corrected chi connectivity index (χ2v) is 8.74. The molecule has 0 unspecified atom stereocenters. The summed E-state index contributed by atoms with van der Waals surface area (Å²) in [5.74, 6) is 11.9. The fraction of sp³-hybridized carbons (Fsp3) is 0.231. The zero-order valence-corrected chi connectivity index (χ0v) is 20.2. The molecule has 4 rings (SSSR count). The molecule has 0 aliphatic carbocycles. The van der Waals surface area contributed by atoms with Crippen LogP contribution in [0.25, 0.3) is 21.8 Å². The van der Waals surface area contributed by atoms with Gasteiger partial charge in [0.25, 0.3) is 0 Å². The first-order chi connectivity index (χ1) is 17.0. The Kier molecular flexibility index (Phi) is 7.64. The van der Waals surface area contributed by atoms with Gasteiger partial charge in [-0.25, -0.2) is 8.37 Å². The highest BCUT2D eigenvalue weighted by Crippen LogP contribution is 2.14. The van der Waals surface area contributed by atoms with E-state index in [1.807, 2.05) is 48.5 Å². The van der Waals surface area contributed by atoms with E-state index in [4.69, 9.17) is 8.37 Å². The van der Waals surface area contributed by atoms with Crippen LogP contribution >= 0.6 is 0 Å². The summed E-state index contributed by atoms with van der Waals surface area (Å²) < 4.78 is 37.7. The van der Waals surface area contributed by atoms with E-state index in [-0.39, 0.29) is 26.3 Å². The average molecular weight is 489 g/mol. The number of hydrogen-bond acceptors (Lipinski definition) is 6. The molecule has 0 spiro atoms. The summed E-state index contributed by atoms with van der Waals surface area (Å²) >= 11 is 0. The third-order valence-corrected chi connectivity index (χ3v) is 5.94. The predicted octanol–water partition coefficient (Wildman–Crippen LogP) is 2.08. The van der Waals surface area contributed by atoms with Crippen LogP contribution in [0.4, 0.5) is 0 Å². The Morgan fingerprint density at radius 1 is 0.743 bits per heavy atom. The van der Waals surface area contributed by atoms with E-state index in [1.165, 1.54) is 0 Å². The lowest BCUT2D eigenvalue weighted by Crippen LogP contribution is -2.41. The molecule has 2 heterocycles. The Balaban J connectivity index is 1.36. The van der Waals surface area contributed by atoms with Crippen LogP contribution in [0.5, 0.6) is 0 Å². The fourth-order valence-corrected chi connectivity index (χ4v) is 4.17. The third-order valence-electron chi connectivity index (χ3n) is 5.03. The predicted molar refractivity (Wildman–Crippen MR) is 130 cm³/mol. The third kappa shape index (κ3) is 6.17. The monoisotopic (exact) mass is 488 g/mol. The molecule has 0 aliphatic rings. The van der Waals surface area contributed by atoms with Gasteiger partial charge < -0.3 is 0 Å². The van der Waals surface area contributed by atoms with Crippen LogP contribution in [0.15, 0.2) is 60.9 Å². The summed E-state index contributed by atoms with van der Waals surface area (Å²) in [5.41, 5.74) is 3.14. The molecule has 0 radical (unpaired) electrons. The Labute approximate surface area is 204 Å². The van der Waals surface area contributed by atoms with E-state index in [1.54, 1.807) is 35.6 Å². The number of aromatic nitrogens is 4. The SMILES string of the molecule is CC#Cc1c[n+](CCOS(=O)(=O)OCC[n+]2cc(C#CC)c3ccccc3n2)nc2ccccc12. The molecule has 0 atom stereocenters. The zero-order chi connectivity index (χ0) is 24.7. The lowest BCUT2D eigenvalue weighted by atomic mass is 10.1. The van der Waals surface area contributed by atoms with E-state index in [2.05, 4.69) is 33.9 Å². The van der Waals surface area contributed by atoms with Crippen LogP contribution in [0.1, 0.15) is 25.0 Å². The van der Waals surface area contributed by atoms with Gasteiger partial charge in [-0.1, -0.05) is 57.6 Å². The highest BCUT2D eigenvalue weighted by Gasteiger charge is 2.18. The van der Waals surface area contributed by atoms with Crippen LogP contribution in [-0.2, 0) is 31.9 Å². The van der Waals surface area contributed by atoms with Crippen molar-refractivity contribution in [1.29, 1.82) is 0 Å². The van der Waals surface area contributed by atoms with Gasteiger partial charge in [0.2, 0.25) is 12.4 Å². The Morgan fingerprint density at radius 3 is 1.60 bits per heavy atom. The molecule has 0 N–H and O–H groups in total. The first-order valence-corrected chi connectivity index (χ1v) is 12.3. The van der Waals surface area contributed by atoms with Crippen LogP contribution < -0.4 is 9.36 Å². The molecule has 0 saturated carbocycles. The van der Waals surface area contributed by atoms with Crippen LogP contribution in [0.2, 0.25) is 0 Å². The molecule has 8 nitrogen and oxygen atoms in total. The zero-order valence-electron chi connectivity index (χ0n) is 19.4. The number of rotatable bonds is 8.